The summed E-state index contributed by atoms with van der Waals surface area (Å²) in [5.41, 5.74) is 6.75. The second-order valence-corrected chi connectivity index (χ2v) is 7.97. The molecular weight excluding hydrogens is 302 g/mol. The highest BCUT2D eigenvalue weighted by atomic mass is 16.2. The third-order valence-corrected chi connectivity index (χ3v) is 4.52. The summed E-state index contributed by atoms with van der Waals surface area (Å²) in [5.74, 6) is -0.241. The van der Waals surface area contributed by atoms with Gasteiger partial charge in [-0.3, -0.25) is 9.59 Å². The minimum atomic E-state index is -0.264. The molecule has 5 heteroatoms. The fourth-order valence-electron chi connectivity index (χ4n) is 2.97. The van der Waals surface area contributed by atoms with Gasteiger partial charge in [-0.05, 0) is 42.5 Å². The first-order chi connectivity index (χ1) is 11.2. The van der Waals surface area contributed by atoms with Crippen LogP contribution in [0.15, 0.2) is 24.3 Å². The minimum absolute atomic E-state index is 0.0350. The van der Waals surface area contributed by atoms with Crippen molar-refractivity contribution in [2.24, 2.45) is 11.1 Å². The summed E-state index contributed by atoms with van der Waals surface area (Å²) in [6, 6.07) is 6.77. The van der Waals surface area contributed by atoms with Crippen molar-refractivity contribution in [3.05, 3.63) is 35.4 Å². The van der Waals surface area contributed by atoms with Crippen molar-refractivity contribution < 1.29 is 9.59 Å². The van der Waals surface area contributed by atoms with Crippen molar-refractivity contribution in [3.63, 3.8) is 0 Å². The lowest BCUT2D eigenvalue weighted by molar-refractivity contribution is 0.0899. The van der Waals surface area contributed by atoms with Gasteiger partial charge < -0.3 is 16.4 Å². The molecule has 0 unspecified atom stereocenters. The maximum atomic E-state index is 12.4. The molecule has 0 aliphatic heterocycles. The Morgan fingerprint density at radius 2 is 1.54 bits per heavy atom. The molecule has 132 valence electrons. The Morgan fingerprint density at radius 3 is 2.00 bits per heavy atom. The molecule has 2 rings (SSSR count). The average Bonchev–Trinajstić information content (AvgIpc) is 3.01. The largest absolute Gasteiger partial charge is 0.352 e. The van der Waals surface area contributed by atoms with Crippen LogP contribution in [0.5, 0.6) is 0 Å². The second kappa shape index (κ2) is 7.34. The molecule has 4 N–H and O–H groups in total. The SMILES string of the molecule is CC(C)(C)CNC(=O)c1ccc(C(=O)NC2(CN)CCCC2)cc1. The van der Waals surface area contributed by atoms with E-state index in [0.29, 0.717) is 24.2 Å². The summed E-state index contributed by atoms with van der Waals surface area (Å²) in [6.07, 6.45) is 4.07. The monoisotopic (exact) mass is 331 g/mol. The lowest BCUT2D eigenvalue weighted by Crippen LogP contribution is -2.51. The Hall–Kier alpha value is -1.88. The molecule has 1 fully saturated rings. The summed E-state index contributed by atoms with van der Waals surface area (Å²) in [6.45, 7) is 7.27. The second-order valence-electron chi connectivity index (χ2n) is 7.97. The molecule has 0 heterocycles. The van der Waals surface area contributed by atoms with Crippen molar-refractivity contribution in [2.75, 3.05) is 13.1 Å². The topological polar surface area (TPSA) is 84.2 Å². The predicted molar refractivity (Wildman–Crippen MR) is 95.9 cm³/mol. The molecule has 0 saturated heterocycles. The molecule has 0 radical (unpaired) electrons. The van der Waals surface area contributed by atoms with E-state index in [0.717, 1.165) is 25.7 Å². The molecule has 5 nitrogen and oxygen atoms in total. The highest BCUT2D eigenvalue weighted by Crippen LogP contribution is 2.28. The molecule has 1 aliphatic rings. The maximum absolute atomic E-state index is 12.4. The number of carbonyl (C=O) groups excluding carboxylic acids is 2. The van der Waals surface area contributed by atoms with Gasteiger partial charge >= 0.3 is 0 Å². The smallest absolute Gasteiger partial charge is 0.251 e. The van der Waals surface area contributed by atoms with E-state index in [9.17, 15) is 9.59 Å². The third kappa shape index (κ3) is 4.81. The quantitative estimate of drug-likeness (QED) is 0.775. The summed E-state index contributed by atoms with van der Waals surface area (Å²) in [5, 5.41) is 5.99. The van der Waals surface area contributed by atoms with Crippen LogP contribution in [0.2, 0.25) is 0 Å². The summed E-state index contributed by atoms with van der Waals surface area (Å²) < 4.78 is 0. The van der Waals surface area contributed by atoms with E-state index < -0.39 is 0 Å². The Kier molecular flexibility index (Phi) is 5.65. The van der Waals surface area contributed by atoms with E-state index in [4.69, 9.17) is 5.73 Å². The van der Waals surface area contributed by atoms with Crippen molar-refractivity contribution >= 4 is 11.8 Å². The van der Waals surface area contributed by atoms with Gasteiger partial charge in [0.15, 0.2) is 0 Å². The standard InChI is InChI=1S/C19H29N3O2/c1-18(2,3)13-21-16(23)14-6-8-15(9-7-14)17(24)22-19(12-20)10-4-5-11-19/h6-9H,4-5,10-13,20H2,1-3H3,(H,21,23)(H,22,24). The normalized spacial score (nSPS) is 16.7. The number of carbonyl (C=O) groups is 2. The van der Waals surface area contributed by atoms with Gasteiger partial charge in [0.1, 0.15) is 0 Å². The molecule has 0 aromatic heterocycles. The molecule has 2 amide bonds. The molecule has 1 aliphatic carbocycles. The Labute approximate surface area is 144 Å². The third-order valence-electron chi connectivity index (χ3n) is 4.52. The predicted octanol–water partition coefficient (Wildman–Crippen LogP) is 2.46. The number of nitrogens with one attached hydrogen (secondary N) is 2. The van der Waals surface area contributed by atoms with Crippen LogP contribution in [0.3, 0.4) is 0 Å². The zero-order chi connectivity index (χ0) is 17.8. The summed E-state index contributed by atoms with van der Waals surface area (Å²) in [7, 11) is 0. The number of rotatable bonds is 5. The van der Waals surface area contributed by atoms with Crippen molar-refractivity contribution in [1.82, 2.24) is 10.6 Å². The van der Waals surface area contributed by atoms with Crippen LogP contribution >= 0.6 is 0 Å². The zero-order valence-electron chi connectivity index (χ0n) is 14.9. The Balaban J connectivity index is 1.98. The van der Waals surface area contributed by atoms with E-state index in [1.165, 1.54) is 0 Å². The highest BCUT2D eigenvalue weighted by molar-refractivity contribution is 5.98. The Bertz CT molecular complexity index is 582. The fourth-order valence-corrected chi connectivity index (χ4v) is 2.97. The lowest BCUT2D eigenvalue weighted by atomic mass is 9.96. The molecule has 0 spiro atoms. The number of hydrogen-bond acceptors (Lipinski definition) is 3. The van der Waals surface area contributed by atoms with Gasteiger partial charge in [0, 0.05) is 24.2 Å². The van der Waals surface area contributed by atoms with Crippen LogP contribution in [0.25, 0.3) is 0 Å². The molecular formula is C19H29N3O2. The molecule has 24 heavy (non-hydrogen) atoms. The summed E-state index contributed by atoms with van der Waals surface area (Å²) in [4.78, 5) is 24.6. The molecule has 1 aromatic carbocycles. The van der Waals surface area contributed by atoms with Crippen LogP contribution in [-0.4, -0.2) is 30.4 Å². The fraction of sp³-hybridized carbons (Fsp3) is 0.579. The number of hydrogen-bond donors (Lipinski definition) is 3. The van der Waals surface area contributed by atoms with E-state index in [-0.39, 0.29) is 22.8 Å². The van der Waals surface area contributed by atoms with E-state index in [1.807, 2.05) is 0 Å². The molecule has 1 aromatic rings. The first-order valence-corrected chi connectivity index (χ1v) is 8.66. The van der Waals surface area contributed by atoms with Crippen LogP contribution in [-0.2, 0) is 0 Å². The van der Waals surface area contributed by atoms with E-state index in [1.54, 1.807) is 24.3 Å². The van der Waals surface area contributed by atoms with E-state index >= 15 is 0 Å². The van der Waals surface area contributed by atoms with Crippen LogP contribution in [0, 0.1) is 5.41 Å². The number of nitrogens with two attached hydrogens (primary N) is 1. The highest BCUT2D eigenvalue weighted by Gasteiger charge is 2.34. The molecule has 1 saturated carbocycles. The van der Waals surface area contributed by atoms with Gasteiger partial charge in [0.2, 0.25) is 0 Å². The summed E-state index contributed by atoms with van der Waals surface area (Å²) >= 11 is 0. The average molecular weight is 331 g/mol. The van der Waals surface area contributed by atoms with Gasteiger partial charge in [-0.1, -0.05) is 33.6 Å². The molecule has 0 atom stereocenters. The van der Waals surface area contributed by atoms with Crippen molar-refractivity contribution in [3.8, 4) is 0 Å². The lowest BCUT2D eigenvalue weighted by Gasteiger charge is -2.28. The van der Waals surface area contributed by atoms with Gasteiger partial charge in [-0.2, -0.15) is 0 Å². The maximum Gasteiger partial charge on any atom is 0.251 e. The van der Waals surface area contributed by atoms with Crippen LogP contribution < -0.4 is 16.4 Å². The first-order valence-electron chi connectivity index (χ1n) is 8.66. The van der Waals surface area contributed by atoms with Gasteiger partial charge in [0.05, 0.1) is 5.54 Å². The Morgan fingerprint density at radius 1 is 1.04 bits per heavy atom. The van der Waals surface area contributed by atoms with Crippen molar-refractivity contribution in [1.29, 1.82) is 0 Å². The van der Waals surface area contributed by atoms with Gasteiger partial charge in [-0.15, -0.1) is 0 Å². The minimum Gasteiger partial charge on any atom is -0.352 e. The van der Waals surface area contributed by atoms with Crippen molar-refractivity contribution in [2.45, 2.75) is 52.0 Å². The van der Waals surface area contributed by atoms with Crippen LogP contribution in [0.1, 0.15) is 67.2 Å². The zero-order valence-corrected chi connectivity index (χ0v) is 14.9. The number of benzene rings is 1. The molecule has 0 bridgehead atoms. The van der Waals surface area contributed by atoms with E-state index in [2.05, 4.69) is 31.4 Å². The first kappa shape index (κ1) is 18.5. The number of amides is 2. The van der Waals surface area contributed by atoms with Crippen LogP contribution in [0.4, 0.5) is 0 Å². The van der Waals surface area contributed by atoms with Gasteiger partial charge in [-0.25, -0.2) is 0 Å². The van der Waals surface area contributed by atoms with Gasteiger partial charge in [0.25, 0.3) is 11.8 Å².